The molecule has 4 aliphatic rings. The third-order valence-electron chi connectivity index (χ3n) is 10.1. The molecule has 4 fully saturated rings. The molecule has 0 radical (unpaired) electrons. The fraction of sp³-hybridized carbons (Fsp3) is 1.00. The van der Waals surface area contributed by atoms with Crippen molar-refractivity contribution in [2.75, 3.05) is 5.33 Å². The third-order valence-corrected chi connectivity index (χ3v) is 11.1. The maximum atomic E-state index is 11.1. The molecule has 0 bridgehead atoms. The van der Waals surface area contributed by atoms with Crippen molar-refractivity contribution in [3.8, 4) is 0 Å². The minimum atomic E-state index is -0.326. The molecular weight excluding hydrogens is 396 g/mol. The van der Waals surface area contributed by atoms with Crippen LogP contribution >= 0.6 is 15.9 Å². The van der Waals surface area contributed by atoms with Gasteiger partial charge in [-0.05, 0) is 111 Å². The Bertz CT molecular complexity index is 520. The van der Waals surface area contributed by atoms with Crippen LogP contribution in [0.2, 0.25) is 0 Å². The quantitative estimate of drug-likeness (QED) is 0.459. The Labute approximate surface area is 176 Å². The maximum Gasteiger partial charge on any atom is 0.0650 e. The predicted octanol–water partition coefficient (Wildman–Crippen LogP) is 7.21. The molecule has 1 N–H and O–H groups in total. The smallest absolute Gasteiger partial charge is 0.0650 e. The first-order valence-electron chi connectivity index (χ1n) is 12.2. The first kappa shape index (κ1) is 20.7. The Balaban J connectivity index is 1.51. The van der Waals surface area contributed by atoms with Crippen LogP contribution in [-0.4, -0.2) is 16.0 Å². The molecule has 0 saturated heterocycles. The monoisotopic (exact) mass is 438 g/mol. The molecule has 2 heteroatoms. The van der Waals surface area contributed by atoms with E-state index in [0.29, 0.717) is 5.41 Å². The fourth-order valence-corrected chi connectivity index (χ4v) is 9.39. The summed E-state index contributed by atoms with van der Waals surface area (Å²) in [6, 6.07) is 0. The Morgan fingerprint density at radius 2 is 1.78 bits per heavy atom. The van der Waals surface area contributed by atoms with E-state index in [1.807, 2.05) is 0 Å². The number of halogens is 1. The number of alkyl halides is 1. The molecule has 0 aromatic rings. The summed E-state index contributed by atoms with van der Waals surface area (Å²) in [6.07, 6.45) is 15.9. The van der Waals surface area contributed by atoms with Crippen LogP contribution < -0.4 is 0 Å². The second kappa shape index (κ2) is 7.93. The maximum absolute atomic E-state index is 11.1. The van der Waals surface area contributed by atoms with Gasteiger partial charge in [-0.3, -0.25) is 0 Å². The molecule has 0 aromatic carbocycles. The lowest BCUT2D eigenvalue weighted by molar-refractivity contribution is -0.136. The topological polar surface area (TPSA) is 20.2 Å². The van der Waals surface area contributed by atoms with E-state index < -0.39 is 0 Å². The summed E-state index contributed by atoms with van der Waals surface area (Å²) < 4.78 is 0. The van der Waals surface area contributed by atoms with Gasteiger partial charge in [-0.2, -0.15) is 0 Å². The molecular formula is C25H43BrO. The normalized spacial score (nSPS) is 51.0. The highest BCUT2D eigenvalue weighted by molar-refractivity contribution is 9.09. The lowest BCUT2D eigenvalue weighted by Crippen LogP contribution is -2.54. The summed E-state index contributed by atoms with van der Waals surface area (Å²) in [4.78, 5) is 0. The summed E-state index contributed by atoms with van der Waals surface area (Å²) in [5.74, 6) is 6.45. The van der Waals surface area contributed by atoms with Crippen LogP contribution in [0.3, 0.4) is 0 Å². The van der Waals surface area contributed by atoms with Crippen molar-refractivity contribution in [2.45, 2.75) is 103 Å². The van der Waals surface area contributed by atoms with E-state index in [2.05, 4.69) is 36.7 Å². The first-order chi connectivity index (χ1) is 12.9. The van der Waals surface area contributed by atoms with Crippen molar-refractivity contribution in [3.05, 3.63) is 0 Å². The van der Waals surface area contributed by atoms with Crippen LogP contribution in [0.25, 0.3) is 0 Å². The Hall–Kier alpha value is 0.440. The van der Waals surface area contributed by atoms with Gasteiger partial charge in [0.2, 0.25) is 0 Å². The van der Waals surface area contributed by atoms with E-state index in [1.54, 1.807) is 0 Å². The lowest BCUT2D eigenvalue weighted by Gasteiger charge is -2.62. The van der Waals surface area contributed by atoms with Crippen molar-refractivity contribution in [3.63, 3.8) is 0 Å². The van der Waals surface area contributed by atoms with Gasteiger partial charge < -0.3 is 5.11 Å². The van der Waals surface area contributed by atoms with E-state index in [1.165, 1.54) is 56.7 Å². The lowest BCUT2D eigenvalue weighted by atomic mass is 9.44. The standard InChI is InChI=1S/C25H43BrO/c1-4-12-25(27)14-11-19-18(15-25)8-9-21-20(19)10-13-24(3)22(17(2)16-26)6-5-7-23(21)24/h17-23,27H,4-16H2,1-3H3/t17?,18-,19-,20+,21+,22+,23-,24+,25+/m0/s1. The average molecular weight is 440 g/mol. The fourth-order valence-electron chi connectivity index (χ4n) is 8.94. The van der Waals surface area contributed by atoms with Gasteiger partial charge in [-0.25, -0.2) is 0 Å². The molecule has 0 amide bonds. The second-order valence-corrected chi connectivity index (χ2v) is 12.0. The third kappa shape index (κ3) is 3.58. The molecule has 4 rings (SSSR count). The van der Waals surface area contributed by atoms with Crippen molar-refractivity contribution in [2.24, 2.45) is 46.8 Å². The van der Waals surface area contributed by atoms with E-state index in [9.17, 15) is 5.11 Å². The number of fused-ring (bicyclic) bond motifs is 5. The first-order valence-corrected chi connectivity index (χ1v) is 13.3. The summed E-state index contributed by atoms with van der Waals surface area (Å²) >= 11 is 3.81. The predicted molar refractivity (Wildman–Crippen MR) is 118 cm³/mol. The average Bonchev–Trinajstić information content (AvgIpc) is 2.65. The van der Waals surface area contributed by atoms with E-state index in [4.69, 9.17) is 0 Å². The molecule has 4 aliphatic carbocycles. The second-order valence-electron chi connectivity index (χ2n) is 11.4. The highest BCUT2D eigenvalue weighted by Crippen LogP contribution is 2.64. The molecule has 4 saturated carbocycles. The van der Waals surface area contributed by atoms with Gasteiger partial charge in [0.1, 0.15) is 0 Å². The van der Waals surface area contributed by atoms with Gasteiger partial charge in [0.15, 0.2) is 0 Å². The molecule has 1 nitrogen and oxygen atoms in total. The number of aliphatic hydroxyl groups is 1. The SMILES string of the molecule is CCC[C@@]1(O)CC[C@H]2[C@@H](CC[C@@H]3[C@@H]2CC[C@]2(C)[C@@H](C(C)CBr)CCC[C@@H]32)C1. The summed E-state index contributed by atoms with van der Waals surface area (Å²) in [7, 11) is 0. The number of hydrogen-bond donors (Lipinski definition) is 1. The van der Waals surface area contributed by atoms with Crippen LogP contribution in [0.4, 0.5) is 0 Å². The molecule has 27 heavy (non-hydrogen) atoms. The van der Waals surface area contributed by atoms with E-state index in [-0.39, 0.29) is 5.60 Å². The van der Waals surface area contributed by atoms with Gasteiger partial charge in [0, 0.05) is 5.33 Å². The van der Waals surface area contributed by atoms with E-state index in [0.717, 1.165) is 67.1 Å². The minimum Gasteiger partial charge on any atom is -0.390 e. The van der Waals surface area contributed by atoms with Crippen molar-refractivity contribution >= 4 is 15.9 Å². The highest BCUT2D eigenvalue weighted by Gasteiger charge is 2.56. The van der Waals surface area contributed by atoms with Crippen LogP contribution in [0.15, 0.2) is 0 Å². The highest BCUT2D eigenvalue weighted by atomic mass is 79.9. The van der Waals surface area contributed by atoms with E-state index >= 15 is 0 Å². The van der Waals surface area contributed by atoms with Gasteiger partial charge in [0.25, 0.3) is 0 Å². The van der Waals surface area contributed by atoms with Gasteiger partial charge in [-0.15, -0.1) is 0 Å². The van der Waals surface area contributed by atoms with Crippen LogP contribution in [0, 0.1) is 46.8 Å². The molecule has 1 unspecified atom stereocenters. The molecule has 9 atom stereocenters. The van der Waals surface area contributed by atoms with Crippen LogP contribution in [0.5, 0.6) is 0 Å². The Morgan fingerprint density at radius 1 is 1.00 bits per heavy atom. The zero-order valence-electron chi connectivity index (χ0n) is 18.1. The summed E-state index contributed by atoms with van der Waals surface area (Å²) in [5, 5.41) is 12.2. The Kier molecular flexibility index (Phi) is 6.08. The van der Waals surface area contributed by atoms with Gasteiger partial charge in [0.05, 0.1) is 5.60 Å². The minimum absolute atomic E-state index is 0.326. The zero-order valence-corrected chi connectivity index (χ0v) is 19.6. The Morgan fingerprint density at radius 3 is 2.52 bits per heavy atom. The zero-order chi connectivity index (χ0) is 19.2. The van der Waals surface area contributed by atoms with Crippen molar-refractivity contribution in [1.29, 1.82) is 0 Å². The van der Waals surface area contributed by atoms with Crippen molar-refractivity contribution in [1.82, 2.24) is 0 Å². The van der Waals surface area contributed by atoms with Crippen LogP contribution in [-0.2, 0) is 0 Å². The number of hydrogen-bond acceptors (Lipinski definition) is 1. The molecule has 156 valence electrons. The van der Waals surface area contributed by atoms with Crippen LogP contribution in [0.1, 0.15) is 97.8 Å². The van der Waals surface area contributed by atoms with Gasteiger partial charge >= 0.3 is 0 Å². The summed E-state index contributed by atoms with van der Waals surface area (Å²) in [6.45, 7) is 7.41. The number of rotatable bonds is 4. The molecule has 0 heterocycles. The van der Waals surface area contributed by atoms with Crippen molar-refractivity contribution < 1.29 is 5.11 Å². The van der Waals surface area contributed by atoms with Gasteiger partial charge in [-0.1, -0.05) is 49.5 Å². The largest absolute Gasteiger partial charge is 0.390 e. The summed E-state index contributed by atoms with van der Waals surface area (Å²) in [5.41, 5.74) is 0.268. The molecule has 0 aromatic heterocycles. The molecule has 0 aliphatic heterocycles. The molecule has 0 spiro atoms.